The Morgan fingerprint density at radius 1 is 0.762 bits per heavy atom. The summed E-state index contributed by atoms with van der Waals surface area (Å²) in [5, 5.41) is 0. The van der Waals surface area contributed by atoms with E-state index in [-0.39, 0.29) is 13.2 Å². The van der Waals surface area contributed by atoms with Gasteiger partial charge in [-0.3, -0.25) is 0 Å². The topological polar surface area (TPSA) is 118 Å². The molecule has 0 aromatic rings. The van der Waals surface area contributed by atoms with E-state index in [1.807, 2.05) is 0 Å². The molecular formula is C12H16O9. The van der Waals surface area contributed by atoms with Crippen LogP contribution in [0.25, 0.3) is 0 Å². The number of ether oxygens (including phenoxy) is 5. The largest absolute Gasteiger partial charge is 0.451 e. The van der Waals surface area contributed by atoms with Crippen molar-refractivity contribution in [3.05, 3.63) is 0 Å². The van der Waals surface area contributed by atoms with Gasteiger partial charge < -0.3 is 23.7 Å². The van der Waals surface area contributed by atoms with E-state index in [9.17, 15) is 19.2 Å². The van der Waals surface area contributed by atoms with E-state index in [1.54, 1.807) is 0 Å². The number of rotatable bonds is 0. The normalized spacial score (nSPS) is 26.6. The SMILES string of the molecule is C1CO1.CC1OC(=O)C(C)OC1=O.O=C1COC(=O)CO1. The number of cyclic esters (lactones) is 4. The van der Waals surface area contributed by atoms with Crippen LogP contribution < -0.4 is 0 Å². The van der Waals surface area contributed by atoms with Crippen LogP contribution in [0, 0.1) is 0 Å². The van der Waals surface area contributed by atoms with Gasteiger partial charge in [0, 0.05) is 0 Å². The molecule has 0 bridgehead atoms. The van der Waals surface area contributed by atoms with E-state index in [4.69, 9.17) is 0 Å². The molecule has 3 saturated heterocycles. The maximum Gasteiger partial charge on any atom is 0.347 e. The summed E-state index contributed by atoms with van der Waals surface area (Å²) in [4.78, 5) is 41.5. The van der Waals surface area contributed by atoms with Gasteiger partial charge in [-0.1, -0.05) is 0 Å². The minimum absolute atomic E-state index is 0.237. The molecule has 3 aliphatic rings. The fraction of sp³-hybridized carbons (Fsp3) is 0.667. The molecular weight excluding hydrogens is 288 g/mol. The van der Waals surface area contributed by atoms with E-state index in [0.29, 0.717) is 0 Å². The van der Waals surface area contributed by atoms with Gasteiger partial charge in [0.15, 0.2) is 25.4 Å². The van der Waals surface area contributed by atoms with Crippen molar-refractivity contribution >= 4 is 23.9 Å². The van der Waals surface area contributed by atoms with Gasteiger partial charge in [-0.25, -0.2) is 19.2 Å². The molecule has 0 radical (unpaired) electrons. The highest BCUT2D eigenvalue weighted by molar-refractivity contribution is 5.86. The quantitative estimate of drug-likeness (QED) is 0.314. The third kappa shape index (κ3) is 7.25. The van der Waals surface area contributed by atoms with Crippen molar-refractivity contribution in [2.45, 2.75) is 26.1 Å². The summed E-state index contributed by atoms with van der Waals surface area (Å²) in [6, 6.07) is 0. The molecule has 21 heavy (non-hydrogen) atoms. The average Bonchev–Trinajstić information content (AvgIpc) is 3.29. The monoisotopic (exact) mass is 304 g/mol. The smallest absolute Gasteiger partial charge is 0.347 e. The second kappa shape index (κ2) is 8.20. The Kier molecular flexibility index (Phi) is 6.60. The Bertz CT molecular complexity index is 364. The summed E-state index contributed by atoms with van der Waals surface area (Å²) >= 11 is 0. The molecule has 0 spiro atoms. The molecule has 9 nitrogen and oxygen atoms in total. The number of hydrogen-bond donors (Lipinski definition) is 0. The summed E-state index contributed by atoms with van der Waals surface area (Å²) in [5.41, 5.74) is 0. The van der Waals surface area contributed by atoms with Crippen molar-refractivity contribution in [2.24, 2.45) is 0 Å². The molecule has 2 atom stereocenters. The predicted molar refractivity (Wildman–Crippen MR) is 63.8 cm³/mol. The van der Waals surface area contributed by atoms with E-state index in [2.05, 4.69) is 23.7 Å². The minimum atomic E-state index is -0.747. The molecule has 3 rings (SSSR count). The first-order valence-corrected chi connectivity index (χ1v) is 6.20. The molecule has 3 fully saturated rings. The first-order chi connectivity index (χ1) is 9.90. The summed E-state index contributed by atoms with van der Waals surface area (Å²) < 4.78 is 22.2. The summed E-state index contributed by atoms with van der Waals surface area (Å²) in [5.74, 6) is -1.92. The fourth-order valence-corrected chi connectivity index (χ4v) is 0.998. The first-order valence-electron chi connectivity index (χ1n) is 6.20. The van der Waals surface area contributed by atoms with Gasteiger partial charge in [-0.2, -0.15) is 0 Å². The van der Waals surface area contributed by atoms with Gasteiger partial charge >= 0.3 is 23.9 Å². The van der Waals surface area contributed by atoms with Crippen molar-refractivity contribution in [1.82, 2.24) is 0 Å². The number of carbonyl (C=O) groups is 4. The van der Waals surface area contributed by atoms with Crippen LogP contribution >= 0.6 is 0 Å². The van der Waals surface area contributed by atoms with Gasteiger partial charge in [0.25, 0.3) is 0 Å². The lowest BCUT2D eigenvalue weighted by atomic mass is 10.3. The molecule has 0 saturated carbocycles. The zero-order chi connectivity index (χ0) is 15.8. The van der Waals surface area contributed by atoms with Gasteiger partial charge in [-0.15, -0.1) is 0 Å². The number of hydrogen-bond acceptors (Lipinski definition) is 9. The molecule has 0 aliphatic carbocycles. The highest BCUT2D eigenvalue weighted by atomic mass is 16.6. The van der Waals surface area contributed by atoms with Crippen LogP contribution in [0.2, 0.25) is 0 Å². The first kappa shape index (κ1) is 16.9. The number of epoxide rings is 1. The fourth-order valence-electron chi connectivity index (χ4n) is 0.998. The Morgan fingerprint density at radius 2 is 1.10 bits per heavy atom. The lowest BCUT2D eigenvalue weighted by Gasteiger charge is -2.22. The van der Waals surface area contributed by atoms with Gasteiger partial charge in [0.05, 0.1) is 13.2 Å². The standard InChI is InChI=1S/C6H8O4.C4H4O4.C2H4O/c1-3-5(7)10-4(2)6(8)9-3;5-3-1-7-4(6)2-8-3;1-2-3-1/h3-4H,1-2H3;1-2H2;1-2H2. The van der Waals surface area contributed by atoms with Gasteiger partial charge in [0.2, 0.25) is 0 Å². The second-order valence-electron chi connectivity index (χ2n) is 4.09. The zero-order valence-corrected chi connectivity index (χ0v) is 11.7. The maximum atomic E-state index is 10.7. The molecule has 0 N–H and O–H groups in total. The highest BCUT2D eigenvalue weighted by Crippen LogP contribution is 2.08. The van der Waals surface area contributed by atoms with E-state index < -0.39 is 36.1 Å². The molecule has 0 amide bonds. The summed E-state index contributed by atoms with van der Waals surface area (Å²) in [6.07, 6.45) is -1.49. The zero-order valence-electron chi connectivity index (χ0n) is 11.7. The van der Waals surface area contributed by atoms with Crippen molar-refractivity contribution in [1.29, 1.82) is 0 Å². The average molecular weight is 304 g/mol. The minimum Gasteiger partial charge on any atom is -0.451 e. The van der Waals surface area contributed by atoms with Gasteiger partial charge in [-0.05, 0) is 13.8 Å². The van der Waals surface area contributed by atoms with Crippen molar-refractivity contribution in [3.8, 4) is 0 Å². The van der Waals surface area contributed by atoms with Crippen molar-refractivity contribution < 1.29 is 42.9 Å². The third-order valence-electron chi connectivity index (χ3n) is 2.16. The third-order valence-corrected chi connectivity index (χ3v) is 2.16. The summed E-state index contributed by atoms with van der Waals surface area (Å²) in [6.45, 7) is 4.48. The molecule has 0 aromatic heterocycles. The molecule has 118 valence electrons. The molecule has 3 aliphatic heterocycles. The molecule has 2 unspecified atom stereocenters. The molecule has 0 aromatic carbocycles. The Labute approximate surface area is 120 Å². The lowest BCUT2D eigenvalue weighted by Crippen LogP contribution is -2.40. The Morgan fingerprint density at radius 3 is 1.33 bits per heavy atom. The number of esters is 4. The van der Waals surface area contributed by atoms with Gasteiger partial charge in [0.1, 0.15) is 0 Å². The van der Waals surface area contributed by atoms with E-state index >= 15 is 0 Å². The predicted octanol–water partition coefficient (Wildman–Crippen LogP) is -1.03. The Balaban J connectivity index is 0.000000178. The highest BCUT2D eigenvalue weighted by Gasteiger charge is 2.32. The molecule has 3 heterocycles. The Hall–Kier alpha value is -2.16. The summed E-state index contributed by atoms with van der Waals surface area (Å²) in [7, 11) is 0. The van der Waals surface area contributed by atoms with Crippen LogP contribution in [0.1, 0.15) is 13.8 Å². The van der Waals surface area contributed by atoms with Crippen LogP contribution in [-0.4, -0.2) is 62.5 Å². The van der Waals surface area contributed by atoms with Crippen molar-refractivity contribution in [3.63, 3.8) is 0 Å². The van der Waals surface area contributed by atoms with Crippen molar-refractivity contribution in [2.75, 3.05) is 26.4 Å². The lowest BCUT2D eigenvalue weighted by molar-refractivity contribution is -0.191. The van der Waals surface area contributed by atoms with E-state index in [0.717, 1.165) is 13.2 Å². The van der Waals surface area contributed by atoms with Crippen LogP contribution in [-0.2, 0) is 42.9 Å². The van der Waals surface area contributed by atoms with Crippen LogP contribution in [0.4, 0.5) is 0 Å². The van der Waals surface area contributed by atoms with Crippen LogP contribution in [0.15, 0.2) is 0 Å². The molecule has 9 heteroatoms. The number of carbonyl (C=O) groups excluding carboxylic acids is 4. The van der Waals surface area contributed by atoms with Crippen LogP contribution in [0.3, 0.4) is 0 Å². The maximum absolute atomic E-state index is 10.7. The second-order valence-corrected chi connectivity index (χ2v) is 4.09. The van der Waals surface area contributed by atoms with Crippen LogP contribution in [0.5, 0.6) is 0 Å². The van der Waals surface area contributed by atoms with E-state index in [1.165, 1.54) is 13.8 Å².